The Balaban J connectivity index is 2.13. The zero-order valence-corrected chi connectivity index (χ0v) is 10.8. The Morgan fingerprint density at radius 3 is 2.94 bits per heavy atom. The molecule has 0 unspecified atom stereocenters. The highest BCUT2D eigenvalue weighted by atomic mass is 32.2. The average Bonchev–Trinajstić information content (AvgIpc) is 2.77. The second-order valence-electron chi connectivity index (χ2n) is 3.90. The van der Waals surface area contributed by atoms with E-state index in [4.69, 9.17) is 5.73 Å². The molecule has 0 bridgehead atoms. The SMILES string of the molecule is Cc1ccccc1Cn1ccnc1SCCN. The van der Waals surface area contributed by atoms with Gasteiger partial charge in [0, 0.05) is 31.2 Å². The number of aromatic nitrogens is 2. The molecular weight excluding hydrogens is 230 g/mol. The van der Waals surface area contributed by atoms with Gasteiger partial charge in [-0.3, -0.25) is 0 Å². The first kappa shape index (κ1) is 12.2. The molecule has 0 aliphatic rings. The van der Waals surface area contributed by atoms with Crippen LogP contribution < -0.4 is 5.73 Å². The summed E-state index contributed by atoms with van der Waals surface area (Å²) < 4.78 is 2.17. The van der Waals surface area contributed by atoms with Gasteiger partial charge in [-0.25, -0.2) is 4.98 Å². The first-order chi connectivity index (χ1) is 8.31. The Morgan fingerprint density at radius 1 is 1.35 bits per heavy atom. The first-order valence-corrected chi connectivity index (χ1v) is 6.68. The van der Waals surface area contributed by atoms with Gasteiger partial charge in [-0.2, -0.15) is 0 Å². The molecule has 0 aliphatic heterocycles. The van der Waals surface area contributed by atoms with E-state index in [0.29, 0.717) is 6.54 Å². The van der Waals surface area contributed by atoms with Gasteiger partial charge in [0.05, 0.1) is 0 Å². The maximum atomic E-state index is 5.51. The van der Waals surface area contributed by atoms with Gasteiger partial charge in [0.15, 0.2) is 5.16 Å². The number of nitrogens with two attached hydrogens (primary N) is 1. The topological polar surface area (TPSA) is 43.8 Å². The molecule has 2 rings (SSSR count). The van der Waals surface area contributed by atoms with Crippen LogP contribution >= 0.6 is 11.8 Å². The largest absolute Gasteiger partial charge is 0.330 e. The lowest BCUT2D eigenvalue weighted by Gasteiger charge is -2.09. The van der Waals surface area contributed by atoms with Crippen molar-refractivity contribution in [3.05, 3.63) is 47.8 Å². The normalized spacial score (nSPS) is 10.7. The van der Waals surface area contributed by atoms with E-state index in [-0.39, 0.29) is 0 Å². The van der Waals surface area contributed by atoms with E-state index >= 15 is 0 Å². The molecule has 1 aromatic carbocycles. The third kappa shape index (κ3) is 3.11. The molecule has 90 valence electrons. The van der Waals surface area contributed by atoms with Crippen LogP contribution in [0.15, 0.2) is 41.8 Å². The Kier molecular flexibility index (Phi) is 4.23. The van der Waals surface area contributed by atoms with Crippen molar-refractivity contribution in [1.29, 1.82) is 0 Å². The molecule has 0 aliphatic carbocycles. The number of rotatable bonds is 5. The molecule has 0 fully saturated rings. The van der Waals surface area contributed by atoms with Crippen molar-refractivity contribution in [2.45, 2.75) is 18.6 Å². The Labute approximate surface area is 106 Å². The molecule has 0 amide bonds. The second-order valence-corrected chi connectivity index (χ2v) is 4.96. The highest BCUT2D eigenvalue weighted by molar-refractivity contribution is 7.99. The van der Waals surface area contributed by atoms with Gasteiger partial charge >= 0.3 is 0 Å². The first-order valence-electron chi connectivity index (χ1n) is 5.70. The minimum Gasteiger partial charge on any atom is -0.330 e. The number of aryl methyl sites for hydroxylation is 1. The van der Waals surface area contributed by atoms with Crippen LogP contribution in [-0.4, -0.2) is 21.8 Å². The molecule has 1 heterocycles. The van der Waals surface area contributed by atoms with Crippen molar-refractivity contribution in [2.24, 2.45) is 5.73 Å². The van der Waals surface area contributed by atoms with E-state index in [1.165, 1.54) is 11.1 Å². The van der Waals surface area contributed by atoms with Crippen molar-refractivity contribution in [1.82, 2.24) is 9.55 Å². The van der Waals surface area contributed by atoms with E-state index in [0.717, 1.165) is 17.5 Å². The molecule has 4 heteroatoms. The van der Waals surface area contributed by atoms with Crippen molar-refractivity contribution < 1.29 is 0 Å². The predicted molar refractivity (Wildman–Crippen MR) is 72.3 cm³/mol. The Bertz CT molecular complexity index is 479. The summed E-state index contributed by atoms with van der Waals surface area (Å²) in [7, 11) is 0. The van der Waals surface area contributed by atoms with Crippen LogP contribution in [-0.2, 0) is 6.54 Å². The lowest BCUT2D eigenvalue weighted by atomic mass is 10.1. The summed E-state index contributed by atoms with van der Waals surface area (Å²) in [4.78, 5) is 4.35. The van der Waals surface area contributed by atoms with Crippen molar-refractivity contribution in [3.8, 4) is 0 Å². The smallest absolute Gasteiger partial charge is 0.168 e. The number of hydrogen-bond acceptors (Lipinski definition) is 3. The van der Waals surface area contributed by atoms with Crippen LogP contribution in [0.1, 0.15) is 11.1 Å². The average molecular weight is 247 g/mol. The third-order valence-electron chi connectivity index (χ3n) is 2.63. The highest BCUT2D eigenvalue weighted by Crippen LogP contribution is 2.17. The molecule has 3 nitrogen and oxygen atoms in total. The number of imidazole rings is 1. The molecule has 2 N–H and O–H groups in total. The molecule has 0 saturated heterocycles. The minimum atomic E-state index is 0.682. The number of benzene rings is 1. The molecule has 0 saturated carbocycles. The van der Waals surface area contributed by atoms with E-state index in [1.54, 1.807) is 11.8 Å². The summed E-state index contributed by atoms with van der Waals surface area (Å²) >= 11 is 1.71. The van der Waals surface area contributed by atoms with Crippen LogP contribution in [0, 0.1) is 6.92 Å². The quantitative estimate of drug-likeness (QED) is 0.824. The maximum absolute atomic E-state index is 5.51. The summed E-state index contributed by atoms with van der Waals surface area (Å²) in [6, 6.07) is 8.44. The zero-order valence-electron chi connectivity index (χ0n) is 9.97. The molecule has 2 aromatic rings. The fraction of sp³-hybridized carbons (Fsp3) is 0.308. The molecular formula is C13H17N3S. The Hall–Kier alpha value is -1.26. The van der Waals surface area contributed by atoms with Crippen LogP contribution in [0.25, 0.3) is 0 Å². The third-order valence-corrected chi connectivity index (χ3v) is 3.67. The van der Waals surface area contributed by atoms with Gasteiger partial charge in [-0.05, 0) is 18.1 Å². The number of nitrogens with zero attached hydrogens (tertiary/aromatic N) is 2. The lowest BCUT2D eigenvalue weighted by molar-refractivity contribution is 0.705. The van der Waals surface area contributed by atoms with Gasteiger partial charge in [0.25, 0.3) is 0 Å². The van der Waals surface area contributed by atoms with E-state index in [9.17, 15) is 0 Å². The highest BCUT2D eigenvalue weighted by Gasteiger charge is 2.04. The number of thioether (sulfide) groups is 1. The van der Waals surface area contributed by atoms with Crippen molar-refractivity contribution in [2.75, 3.05) is 12.3 Å². The summed E-state index contributed by atoms with van der Waals surface area (Å²) in [6.07, 6.45) is 3.86. The van der Waals surface area contributed by atoms with Gasteiger partial charge in [0.1, 0.15) is 0 Å². The number of hydrogen-bond donors (Lipinski definition) is 1. The summed E-state index contributed by atoms with van der Waals surface area (Å²) in [6.45, 7) is 3.69. The lowest BCUT2D eigenvalue weighted by Crippen LogP contribution is -2.05. The van der Waals surface area contributed by atoms with Gasteiger partial charge in [-0.15, -0.1) is 0 Å². The minimum absolute atomic E-state index is 0.682. The van der Waals surface area contributed by atoms with E-state index < -0.39 is 0 Å². The molecule has 1 aromatic heterocycles. The fourth-order valence-corrected chi connectivity index (χ4v) is 2.40. The standard InChI is InChI=1S/C13H17N3S/c1-11-4-2-3-5-12(11)10-16-8-7-15-13(16)17-9-6-14/h2-5,7-8H,6,9-10,14H2,1H3. The summed E-state index contributed by atoms with van der Waals surface area (Å²) in [5.74, 6) is 0.908. The van der Waals surface area contributed by atoms with Crippen LogP contribution in [0.4, 0.5) is 0 Å². The molecule has 17 heavy (non-hydrogen) atoms. The van der Waals surface area contributed by atoms with Crippen molar-refractivity contribution >= 4 is 11.8 Å². The van der Waals surface area contributed by atoms with Crippen LogP contribution in [0.5, 0.6) is 0 Å². The second kappa shape index (κ2) is 5.89. The summed E-state index contributed by atoms with van der Waals surface area (Å²) in [5, 5.41) is 1.04. The Morgan fingerprint density at radius 2 is 2.18 bits per heavy atom. The molecule has 0 atom stereocenters. The van der Waals surface area contributed by atoms with Gasteiger partial charge in [-0.1, -0.05) is 36.0 Å². The maximum Gasteiger partial charge on any atom is 0.168 e. The monoisotopic (exact) mass is 247 g/mol. The van der Waals surface area contributed by atoms with Crippen molar-refractivity contribution in [3.63, 3.8) is 0 Å². The van der Waals surface area contributed by atoms with Crippen LogP contribution in [0.3, 0.4) is 0 Å². The molecule has 0 spiro atoms. The zero-order chi connectivity index (χ0) is 12.1. The van der Waals surface area contributed by atoms with Gasteiger partial charge < -0.3 is 10.3 Å². The summed E-state index contributed by atoms with van der Waals surface area (Å²) in [5.41, 5.74) is 8.16. The fourth-order valence-electron chi connectivity index (χ4n) is 1.68. The predicted octanol–water partition coefficient (Wildman–Crippen LogP) is 2.29. The van der Waals surface area contributed by atoms with E-state index in [2.05, 4.69) is 40.7 Å². The van der Waals surface area contributed by atoms with E-state index in [1.807, 2.05) is 12.4 Å². The van der Waals surface area contributed by atoms with Crippen LogP contribution in [0.2, 0.25) is 0 Å². The molecule has 0 radical (unpaired) electrons. The van der Waals surface area contributed by atoms with Gasteiger partial charge in [0.2, 0.25) is 0 Å².